The van der Waals surface area contributed by atoms with Gasteiger partial charge in [0.25, 0.3) is 0 Å². The van der Waals surface area contributed by atoms with Crippen molar-refractivity contribution in [3.63, 3.8) is 0 Å². The van der Waals surface area contributed by atoms with Gasteiger partial charge in [0.1, 0.15) is 11.2 Å². The van der Waals surface area contributed by atoms with Gasteiger partial charge in [-0.2, -0.15) is 0 Å². The largest absolute Gasteiger partial charge is 0.482 e. The summed E-state index contributed by atoms with van der Waals surface area (Å²) in [6.07, 6.45) is 1.58. The predicted molar refractivity (Wildman–Crippen MR) is 109 cm³/mol. The predicted octanol–water partition coefficient (Wildman–Crippen LogP) is 4.11. The number of piperidine rings is 1. The van der Waals surface area contributed by atoms with E-state index in [1.807, 2.05) is 27.8 Å². The summed E-state index contributed by atoms with van der Waals surface area (Å²) in [6, 6.07) is 6.46. The minimum absolute atomic E-state index is 0.200. The first kappa shape index (κ1) is 19.6. The first-order valence-corrected chi connectivity index (χ1v) is 9.82. The smallest absolute Gasteiger partial charge is 0.410 e. The van der Waals surface area contributed by atoms with Gasteiger partial charge in [0.15, 0.2) is 5.75 Å². The summed E-state index contributed by atoms with van der Waals surface area (Å²) in [5.74, 6) is 0.938. The molecule has 0 bridgehead atoms. The van der Waals surface area contributed by atoms with Crippen LogP contribution in [0.25, 0.3) is 0 Å². The molecule has 1 aromatic carbocycles. The van der Waals surface area contributed by atoms with Crippen molar-refractivity contribution >= 4 is 17.5 Å². The zero-order chi connectivity index (χ0) is 19.8. The molecule has 6 nitrogen and oxygen atoms in total. The van der Waals surface area contributed by atoms with Crippen LogP contribution in [0, 0.1) is 0 Å². The van der Waals surface area contributed by atoms with Gasteiger partial charge >= 0.3 is 6.09 Å². The molecule has 2 aliphatic rings. The zero-order valence-corrected chi connectivity index (χ0v) is 17.5. The van der Waals surface area contributed by atoms with Gasteiger partial charge in [0, 0.05) is 26.2 Å². The van der Waals surface area contributed by atoms with Crippen LogP contribution in [0.1, 0.15) is 47.5 Å². The van der Waals surface area contributed by atoms with Gasteiger partial charge in [0.05, 0.1) is 17.9 Å². The average Bonchev–Trinajstić information content (AvgIpc) is 2.58. The van der Waals surface area contributed by atoms with E-state index in [2.05, 4.69) is 42.3 Å². The van der Waals surface area contributed by atoms with Crippen LogP contribution in [0.3, 0.4) is 0 Å². The molecule has 0 aromatic heterocycles. The van der Waals surface area contributed by atoms with Crippen molar-refractivity contribution in [3.05, 3.63) is 18.2 Å². The van der Waals surface area contributed by atoms with E-state index in [0.29, 0.717) is 0 Å². The number of hydrogen-bond acceptors (Lipinski definition) is 5. The van der Waals surface area contributed by atoms with Crippen molar-refractivity contribution in [2.45, 2.75) is 64.7 Å². The van der Waals surface area contributed by atoms with Crippen LogP contribution in [0.4, 0.5) is 16.2 Å². The van der Waals surface area contributed by atoms with E-state index in [9.17, 15) is 4.79 Å². The van der Waals surface area contributed by atoms with Crippen LogP contribution >= 0.6 is 0 Å². The molecule has 0 atom stereocenters. The molecule has 150 valence electrons. The first-order valence-electron chi connectivity index (χ1n) is 9.82. The molecule has 0 radical (unpaired) electrons. The van der Waals surface area contributed by atoms with Gasteiger partial charge in [-0.3, -0.25) is 0 Å². The average molecular weight is 376 g/mol. The van der Waals surface area contributed by atoms with Gasteiger partial charge in [-0.05, 0) is 59.6 Å². The Hall–Kier alpha value is -2.11. The molecule has 2 heterocycles. The maximum Gasteiger partial charge on any atom is 0.410 e. The SMILES string of the molecule is CN(C(=O)OC(C)(C)C)C1CCN(c2cccc3c2OC(C)(C)CN3)CC1. The van der Waals surface area contributed by atoms with E-state index < -0.39 is 5.60 Å². The number of hydrogen-bond donors (Lipinski definition) is 1. The van der Waals surface area contributed by atoms with E-state index in [1.54, 1.807) is 4.90 Å². The third kappa shape index (κ3) is 4.60. The molecule has 1 N–H and O–H groups in total. The summed E-state index contributed by atoms with van der Waals surface area (Å²) in [5.41, 5.74) is 1.50. The quantitative estimate of drug-likeness (QED) is 0.843. The van der Waals surface area contributed by atoms with E-state index in [0.717, 1.165) is 49.6 Å². The molecule has 1 aromatic rings. The molecule has 27 heavy (non-hydrogen) atoms. The third-order valence-electron chi connectivity index (χ3n) is 5.11. The number of para-hydroxylation sites is 1. The van der Waals surface area contributed by atoms with Crippen molar-refractivity contribution in [2.75, 3.05) is 36.9 Å². The number of nitrogens with zero attached hydrogens (tertiary/aromatic N) is 2. The minimum atomic E-state index is -0.466. The van der Waals surface area contributed by atoms with E-state index in [-0.39, 0.29) is 17.7 Å². The molecule has 1 fully saturated rings. The van der Waals surface area contributed by atoms with Crippen LogP contribution in [0.5, 0.6) is 5.75 Å². The Morgan fingerprint density at radius 2 is 1.96 bits per heavy atom. The topological polar surface area (TPSA) is 54.0 Å². The Labute approximate surface area is 162 Å². The van der Waals surface area contributed by atoms with Crippen LogP contribution in [-0.2, 0) is 4.74 Å². The second kappa shape index (κ2) is 7.13. The number of benzene rings is 1. The lowest BCUT2D eigenvalue weighted by atomic mass is 10.0. The van der Waals surface area contributed by atoms with Gasteiger partial charge in [-0.1, -0.05) is 6.07 Å². The van der Waals surface area contributed by atoms with Crippen molar-refractivity contribution < 1.29 is 14.3 Å². The Morgan fingerprint density at radius 1 is 1.30 bits per heavy atom. The van der Waals surface area contributed by atoms with Gasteiger partial charge in [-0.15, -0.1) is 0 Å². The van der Waals surface area contributed by atoms with Crippen molar-refractivity contribution in [2.24, 2.45) is 0 Å². The summed E-state index contributed by atoms with van der Waals surface area (Å²) < 4.78 is 11.8. The molecule has 1 amide bonds. The number of nitrogens with one attached hydrogen (secondary N) is 1. The molecule has 1 saturated heterocycles. The van der Waals surface area contributed by atoms with Gasteiger partial charge in [0.2, 0.25) is 0 Å². The Balaban J connectivity index is 1.66. The number of anilines is 2. The van der Waals surface area contributed by atoms with Crippen molar-refractivity contribution in [3.8, 4) is 5.75 Å². The second-order valence-electron chi connectivity index (χ2n) is 9.18. The fourth-order valence-electron chi connectivity index (χ4n) is 3.62. The van der Waals surface area contributed by atoms with Gasteiger partial charge in [-0.25, -0.2) is 4.79 Å². The molecule has 2 aliphatic heterocycles. The Kier molecular flexibility index (Phi) is 5.19. The standard InChI is InChI=1S/C21H33N3O3/c1-20(2,3)27-19(25)23(6)15-10-12-24(13-11-15)17-9-7-8-16-18(17)26-21(4,5)14-22-16/h7-9,15,22H,10-14H2,1-6H3. The van der Waals surface area contributed by atoms with Crippen LogP contribution in [0.15, 0.2) is 18.2 Å². The summed E-state index contributed by atoms with van der Waals surface area (Å²) >= 11 is 0. The summed E-state index contributed by atoms with van der Waals surface area (Å²) in [7, 11) is 1.84. The van der Waals surface area contributed by atoms with Crippen LogP contribution in [0.2, 0.25) is 0 Å². The minimum Gasteiger partial charge on any atom is -0.482 e. The zero-order valence-electron chi connectivity index (χ0n) is 17.5. The fraction of sp³-hybridized carbons (Fsp3) is 0.667. The van der Waals surface area contributed by atoms with E-state index in [4.69, 9.17) is 9.47 Å². The lowest BCUT2D eigenvalue weighted by molar-refractivity contribution is 0.0200. The molecule has 6 heteroatoms. The van der Waals surface area contributed by atoms with Crippen LogP contribution in [-0.4, -0.2) is 54.9 Å². The van der Waals surface area contributed by atoms with Gasteiger partial charge < -0.3 is 24.6 Å². The number of ether oxygens (including phenoxy) is 2. The highest BCUT2D eigenvalue weighted by Gasteiger charge is 2.32. The number of carbonyl (C=O) groups excluding carboxylic acids is 1. The summed E-state index contributed by atoms with van der Waals surface area (Å²) in [6.45, 7) is 12.5. The molecule has 0 unspecified atom stereocenters. The molecule has 0 aliphatic carbocycles. The number of fused-ring (bicyclic) bond motifs is 1. The summed E-state index contributed by atoms with van der Waals surface area (Å²) in [5, 5.41) is 3.47. The number of carbonyl (C=O) groups is 1. The highest BCUT2D eigenvalue weighted by Crippen LogP contribution is 2.42. The highest BCUT2D eigenvalue weighted by atomic mass is 16.6. The van der Waals surface area contributed by atoms with E-state index >= 15 is 0 Å². The second-order valence-corrected chi connectivity index (χ2v) is 9.18. The number of amides is 1. The lowest BCUT2D eigenvalue weighted by Gasteiger charge is -2.41. The molecule has 0 saturated carbocycles. The molecule has 3 rings (SSSR count). The first-order chi connectivity index (χ1) is 12.6. The van der Waals surface area contributed by atoms with Crippen molar-refractivity contribution in [1.29, 1.82) is 0 Å². The maximum atomic E-state index is 12.3. The molecular formula is C21H33N3O3. The Bertz CT molecular complexity index is 688. The normalized spacial score (nSPS) is 19.6. The molecular weight excluding hydrogens is 342 g/mol. The third-order valence-corrected chi connectivity index (χ3v) is 5.11. The van der Waals surface area contributed by atoms with Crippen molar-refractivity contribution in [1.82, 2.24) is 4.90 Å². The monoisotopic (exact) mass is 375 g/mol. The number of rotatable bonds is 2. The highest BCUT2D eigenvalue weighted by molar-refractivity contribution is 5.73. The Morgan fingerprint density at radius 3 is 2.59 bits per heavy atom. The summed E-state index contributed by atoms with van der Waals surface area (Å²) in [4.78, 5) is 16.5. The molecule has 0 spiro atoms. The van der Waals surface area contributed by atoms with E-state index in [1.165, 1.54) is 0 Å². The fourth-order valence-corrected chi connectivity index (χ4v) is 3.62. The van der Waals surface area contributed by atoms with Crippen LogP contribution < -0.4 is 15.0 Å². The maximum absolute atomic E-state index is 12.3. The lowest BCUT2D eigenvalue weighted by Crippen LogP contribution is -2.47.